The normalized spacial score (nSPS) is 18.7. The van der Waals surface area contributed by atoms with Crippen molar-refractivity contribution in [1.29, 1.82) is 0 Å². The van der Waals surface area contributed by atoms with Crippen molar-refractivity contribution in [3.63, 3.8) is 0 Å². The van der Waals surface area contributed by atoms with Gasteiger partial charge in [0.2, 0.25) is 0 Å². The molecule has 2 aliphatic rings. The zero-order valence-corrected chi connectivity index (χ0v) is 9.37. The Labute approximate surface area is 93.7 Å². The maximum absolute atomic E-state index is 4.86. The maximum Gasteiger partial charge on any atom is 0.180 e. The van der Waals surface area contributed by atoms with Gasteiger partial charge in [-0.25, -0.2) is 4.98 Å². The molecule has 0 aliphatic carbocycles. The predicted octanol–water partition coefficient (Wildman–Crippen LogP) is 1.29. The van der Waals surface area contributed by atoms with Gasteiger partial charge in [-0.05, 0) is 18.5 Å². The van der Waals surface area contributed by atoms with Gasteiger partial charge < -0.3 is 13.3 Å². The van der Waals surface area contributed by atoms with E-state index in [2.05, 4.69) is 14.7 Å². The van der Waals surface area contributed by atoms with Crippen LogP contribution >= 0.6 is 12.0 Å². The molecule has 0 aromatic carbocycles. The molecule has 0 spiro atoms. The van der Waals surface area contributed by atoms with E-state index in [9.17, 15) is 0 Å². The molecule has 2 saturated heterocycles. The van der Waals surface area contributed by atoms with Gasteiger partial charge in [0.1, 0.15) is 6.26 Å². The largest absolute Gasteiger partial charge is 0.452 e. The van der Waals surface area contributed by atoms with E-state index in [1.807, 2.05) is 0 Å². The van der Waals surface area contributed by atoms with Crippen molar-refractivity contribution in [3.8, 4) is 0 Å². The summed E-state index contributed by atoms with van der Waals surface area (Å²) in [5.41, 5.74) is 0. The molecule has 2 fully saturated rings. The molecule has 6 heteroatoms. The van der Waals surface area contributed by atoms with Crippen LogP contribution in [-0.4, -0.2) is 37.2 Å². The molecule has 1 aromatic rings. The lowest BCUT2D eigenvalue weighted by atomic mass is 10.5. The number of nitrogens with zero attached hydrogens (tertiary/aromatic N) is 1. The van der Waals surface area contributed by atoms with E-state index in [-0.39, 0.29) is 0 Å². The molecule has 15 heavy (non-hydrogen) atoms. The van der Waals surface area contributed by atoms with E-state index in [1.54, 1.807) is 18.2 Å². The van der Waals surface area contributed by atoms with Crippen molar-refractivity contribution in [2.24, 2.45) is 0 Å². The quantitative estimate of drug-likeness (QED) is 0.680. The second kappa shape index (κ2) is 9.97. The summed E-state index contributed by atoms with van der Waals surface area (Å²) in [5, 5.41) is 3.00. The van der Waals surface area contributed by atoms with Crippen LogP contribution in [0.15, 0.2) is 23.3 Å². The minimum absolute atomic E-state index is 0.750. The van der Waals surface area contributed by atoms with Gasteiger partial charge in [0.15, 0.2) is 6.39 Å². The Bertz CT molecular complexity index is 159. The molecule has 0 bridgehead atoms. The third kappa shape index (κ3) is 8.44. The van der Waals surface area contributed by atoms with Crippen LogP contribution in [-0.2, 0) is 8.92 Å². The molecule has 3 rings (SSSR count). The SMILES string of the molecule is C1COCN1.C1COSC1.c1cocn1. The molecule has 5 nitrogen and oxygen atoms in total. The first-order valence-corrected chi connectivity index (χ1v) is 5.76. The fourth-order valence-electron chi connectivity index (χ4n) is 0.831. The van der Waals surface area contributed by atoms with E-state index < -0.39 is 0 Å². The number of ether oxygens (including phenoxy) is 1. The molecule has 0 atom stereocenters. The third-order valence-corrected chi connectivity index (χ3v) is 2.30. The number of hydrogen-bond donors (Lipinski definition) is 1. The van der Waals surface area contributed by atoms with Crippen LogP contribution in [0.25, 0.3) is 0 Å². The van der Waals surface area contributed by atoms with Gasteiger partial charge in [0, 0.05) is 12.3 Å². The molecular weight excluding hydrogens is 216 g/mol. The predicted molar refractivity (Wildman–Crippen MR) is 58.4 cm³/mol. The van der Waals surface area contributed by atoms with Crippen LogP contribution in [0.2, 0.25) is 0 Å². The van der Waals surface area contributed by atoms with E-state index >= 15 is 0 Å². The fraction of sp³-hybridized carbons (Fsp3) is 0.667. The first-order valence-electron chi connectivity index (χ1n) is 4.85. The van der Waals surface area contributed by atoms with Crippen molar-refractivity contribution >= 4 is 12.0 Å². The second-order valence-corrected chi connectivity index (χ2v) is 3.61. The molecule has 0 unspecified atom stereocenters. The van der Waals surface area contributed by atoms with E-state index in [4.69, 9.17) is 8.92 Å². The summed E-state index contributed by atoms with van der Waals surface area (Å²) in [4.78, 5) is 3.56. The smallest absolute Gasteiger partial charge is 0.180 e. The first kappa shape index (κ1) is 12.5. The summed E-state index contributed by atoms with van der Waals surface area (Å²) in [6, 6.07) is 0. The molecule has 3 heterocycles. The second-order valence-electron chi connectivity index (χ2n) is 2.73. The summed E-state index contributed by atoms with van der Waals surface area (Å²) in [5.74, 6) is 1.19. The average molecular weight is 232 g/mol. The highest BCUT2D eigenvalue weighted by molar-refractivity contribution is 7.94. The van der Waals surface area contributed by atoms with Crippen LogP contribution in [0, 0.1) is 0 Å². The number of rotatable bonds is 0. The topological polar surface area (TPSA) is 56.5 Å². The van der Waals surface area contributed by atoms with Gasteiger partial charge in [0.05, 0.1) is 26.1 Å². The van der Waals surface area contributed by atoms with E-state index in [0.29, 0.717) is 0 Å². The van der Waals surface area contributed by atoms with Crippen molar-refractivity contribution in [1.82, 2.24) is 10.3 Å². The molecule has 2 aliphatic heterocycles. The van der Waals surface area contributed by atoms with Crippen molar-refractivity contribution in [2.75, 3.05) is 32.2 Å². The summed E-state index contributed by atoms with van der Waals surface area (Å²) in [6.07, 6.45) is 5.71. The third-order valence-electron chi connectivity index (χ3n) is 1.51. The Morgan fingerprint density at radius 3 is 2.53 bits per heavy atom. The Kier molecular flexibility index (Phi) is 8.32. The fourth-order valence-corrected chi connectivity index (χ4v) is 1.42. The number of oxazole rings is 1. The maximum atomic E-state index is 4.86. The summed E-state index contributed by atoms with van der Waals surface area (Å²) < 4.78 is 14.2. The lowest BCUT2D eigenvalue weighted by molar-refractivity contribution is 0.194. The van der Waals surface area contributed by atoms with Gasteiger partial charge in [-0.3, -0.25) is 5.32 Å². The van der Waals surface area contributed by atoms with E-state index in [1.165, 1.54) is 24.8 Å². The van der Waals surface area contributed by atoms with Crippen LogP contribution in [0.5, 0.6) is 0 Å². The zero-order chi connectivity index (χ0) is 10.6. The standard InChI is InChI=1S/C3H7NO.C3H3NO.C3H6OS/c2*1-2-5-3-4-1;1-2-4-5-3-1/h4H,1-3H2;1-3H;1-3H2. The van der Waals surface area contributed by atoms with Gasteiger partial charge in [-0.15, -0.1) is 0 Å². The Hall–Kier alpha value is -0.560. The van der Waals surface area contributed by atoms with Gasteiger partial charge in [-0.2, -0.15) is 0 Å². The lowest BCUT2D eigenvalue weighted by Crippen LogP contribution is -2.05. The Morgan fingerprint density at radius 1 is 1.33 bits per heavy atom. The Morgan fingerprint density at radius 2 is 2.33 bits per heavy atom. The highest BCUT2D eigenvalue weighted by Gasteiger charge is 1.96. The molecule has 1 N–H and O–H groups in total. The molecule has 86 valence electrons. The average Bonchev–Trinajstić information content (AvgIpc) is 3.09. The van der Waals surface area contributed by atoms with Crippen LogP contribution in [0.4, 0.5) is 0 Å². The number of aromatic nitrogens is 1. The highest BCUT2D eigenvalue weighted by Crippen LogP contribution is 2.11. The van der Waals surface area contributed by atoms with Gasteiger partial charge in [-0.1, -0.05) is 0 Å². The summed E-state index contributed by atoms with van der Waals surface area (Å²) in [6.45, 7) is 3.63. The van der Waals surface area contributed by atoms with Gasteiger partial charge >= 0.3 is 0 Å². The first-order chi connectivity index (χ1) is 7.50. The number of hydrogen-bond acceptors (Lipinski definition) is 6. The Balaban J connectivity index is 0.000000112. The van der Waals surface area contributed by atoms with Crippen molar-refractivity contribution < 1.29 is 13.3 Å². The summed E-state index contributed by atoms with van der Waals surface area (Å²) >= 11 is 1.57. The minimum atomic E-state index is 0.750. The molecular formula is C9H16N2O3S. The van der Waals surface area contributed by atoms with Crippen molar-refractivity contribution in [2.45, 2.75) is 6.42 Å². The molecule has 0 amide bonds. The van der Waals surface area contributed by atoms with Gasteiger partial charge in [0.25, 0.3) is 0 Å². The zero-order valence-electron chi connectivity index (χ0n) is 8.55. The number of nitrogens with one attached hydrogen (secondary N) is 1. The van der Waals surface area contributed by atoms with Crippen LogP contribution < -0.4 is 5.32 Å². The molecule has 0 saturated carbocycles. The van der Waals surface area contributed by atoms with Crippen LogP contribution in [0.3, 0.4) is 0 Å². The lowest BCUT2D eigenvalue weighted by Gasteiger charge is -1.76. The molecule has 1 aromatic heterocycles. The van der Waals surface area contributed by atoms with Crippen molar-refractivity contribution in [3.05, 3.63) is 18.9 Å². The summed E-state index contributed by atoms with van der Waals surface area (Å²) in [7, 11) is 0. The molecule has 0 radical (unpaired) electrons. The van der Waals surface area contributed by atoms with E-state index in [0.717, 1.165) is 26.5 Å². The van der Waals surface area contributed by atoms with Crippen LogP contribution in [0.1, 0.15) is 6.42 Å². The monoisotopic (exact) mass is 232 g/mol. The minimum Gasteiger partial charge on any atom is -0.452 e. The highest BCUT2D eigenvalue weighted by atomic mass is 32.2.